The van der Waals surface area contributed by atoms with Gasteiger partial charge in [0.15, 0.2) is 0 Å². The Labute approximate surface area is 82.7 Å². The van der Waals surface area contributed by atoms with Crippen molar-refractivity contribution < 1.29 is 4.79 Å². The van der Waals surface area contributed by atoms with Crippen LogP contribution in [0.2, 0.25) is 0 Å². The minimum absolute atomic E-state index is 0.385. The summed E-state index contributed by atoms with van der Waals surface area (Å²) in [5, 5.41) is 0. The highest BCUT2D eigenvalue weighted by molar-refractivity contribution is 5.99. The number of aryl methyl sites for hydroxylation is 1. The summed E-state index contributed by atoms with van der Waals surface area (Å²) >= 11 is 0. The van der Waals surface area contributed by atoms with E-state index in [1.807, 2.05) is 0 Å². The second kappa shape index (κ2) is 3.53. The van der Waals surface area contributed by atoms with Gasteiger partial charge in [0.05, 0.1) is 5.56 Å². The number of carbonyl (C=O) groups excluding carboxylic acids is 1. The van der Waals surface area contributed by atoms with Crippen LogP contribution in [0.15, 0.2) is 6.07 Å². The van der Waals surface area contributed by atoms with E-state index in [9.17, 15) is 4.79 Å². The summed E-state index contributed by atoms with van der Waals surface area (Å²) in [7, 11) is 3.57. The molecule has 0 aromatic carbocycles. The van der Waals surface area contributed by atoms with Gasteiger partial charge in [0.1, 0.15) is 11.6 Å². The number of hydrogen-bond acceptors (Lipinski definition) is 4. The van der Waals surface area contributed by atoms with E-state index in [2.05, 4.69) is 4.98 Å². The monoisotopic (exact) mass is 194 g/mol. The maximum absolute atomic E-state index is 11.2. The van der Waals surface area contributed by atoms with E-state index in [0.29, 0.717) is 17.2 Å². The van der Waals surface area contributed by atoms with Crippen LogP contribution in [0.25, 0.3) is 0 Å². The second-order valence-corrected chi connectivity index (χ2v) is 3.32. The quantitative estimate of drug-likeness (QED) is 0.701. The first-order chi connectivity index (χ1) is 6.43. The van der Waals surface area contributed by atoms with Gasteiger partial charge in [-0.1, -0.05) is 0 Å². The largest absolute Gasteiger partial charge is 0.384 e. The number of aromatic nitrogens is 1. The summed E-state index contributed by atoms with van der Waals surface area (Å²) in [4.78, 5) is 16.9. The third-order valence-electron chi connectivity index (χ3n) is 1.89. The second-order valence-electron chi connectivity index (χ2n) is 3.32. The summed E-state index contributed by atoms with van der Waals surface area (Å²) in [6.07, 6.45) is 0. The highest BCUT2D eigenvalue weighted by atomic mass is 16.1. The van der Waals surface area contributed by atoms with E-state index in [1.165, 1.54) is 0 Å². The number of anilines is 2. The van der Waals surface area contributed by atoms with Crippen LogP contribution in [0.4, 0.5) is 11.6 Å². The standard InChI is InChI=1S/C9H14N4O/c1-5-4-6(10)12-9(13(2)3)7(5)8(11)14/h4H,1-3H3,(H2,10,12)(H2,11,14). The number of carbonyl (C=O) groups is 1. The molecule has 1 heterocycles. The van der Waals surface area contributed by atoms with E-state index in [0.717, 1.165) is 5.56 Å². The molecule has 0 aliphatic rings. The predicted octanol–water partition coefficient (Wildman–Crippen LogP) is 0.137. The van der Waals surface area contributed by atoms with Gasteiger partial charge in [0.25, 0.3) is 5.91 Å². The van der Waals surface area contributed by atoms with Crippen LogP contribution >= 0.6 is 0 Å². The van der Waals surface area contributed by atoms with Crippen molar-refractivity contribution in [3.8, 4) is 0 Å². The topological polar surface area (TPSA) is 85.2 Å². The Morgan fingerprint density at radius 1 is 1.50 bits per heavy atom. The predicted molar refractivity (Wildman–Crippen MR) is 56.2 cm³/mol. The summed E-state index contributed by atoms with van der Waals surface area (Å²) in [5.41, 5.74) is 12.0. The lowest BCUT2D eigenvalue weighted by molar-refractivity contribution is 0.1000. The van der Waals surface area contributed by atoms with Crippen molar-refractivity contribution in [1.29, 1.82) is 0 Å². The average Bonchev–Trinajstić information content (AvgIpc) is 2.01. The van der Waals surface area contributed by atoms with Crippen molar-refractivity contribution in [2.75, 3.05) is 24.7 Å². The molecule has 0 unspecified atom stereocenters. The van der Waals surface area contributed by atoms with E-state index in [-0.39, 0.29) is 0 Å². The molecule has 0 spiro atoms. The third kappa shape index (κ3) is 1.76. The lowest BCUT2D eigenvalue weighted by Crippen LogP contribution is -2.21. The molecule has 0 radical (unpaired) electrons. The highest BCUT2D eigenvalue weighted by Gasteiger charge is 2.15. The molecule has 1 aromatic heterocycles. The summed E-state index contributed by atoms with van der Waals surface area (Å²) < 4.78 is 0. The molecule has 0 aliphatic heterocycles. The first kappa shape index (κ1) is 10.3. The van der Waals surface area contributed by atoms with Gasteiger partial charge >= 0.3 is 0 Å². The number of primary amides is 1. The maximum atomic E-state index is 11.2. The Morgan fingerprint density at radius 3 is 2.50 bits per heavy atom. The molecule has 1 amide bonds. The van der Waals surface area contributed by atoms with Gasteiger partial charge in [-0.05, 0) is 18.6 Å². The molecule has 1 aromatic rings. The van der Waals surface area contributed by atoms with Crippen molar-refractivity contribution in [1.82, 2.24) is 4.98 Å². The maximum Gasteiger partial charge on any atom is 0.252 e. The van der Waals surface area contributed by atoms with E-state index in [4.69, 9.17) is 11.5 Å². The van der Waals surface area contributed by atoms with Gasteiger partial charge in [-0.3, -0.25) is 4.79 Å². The molecule has 0 aliphatic carbocycles. The lowest BCUT2D eigenvalue weighted by Gasteiger charge is -2.16. The van der Waals surface area contributed by atoms with Crippen LogP contribution in [-0.2, 0) is 0 Å². The molecular formula is C9H14N4O. The number of pyridine rings is 1. The minimum Gasteiger partial charge on any atom is -0.384 e. The van der Waals surface area contributed by atoms with Gasteiger partial charge < -0.3 is 16.4 Å². The summed E-state index contributed by atoms with van der Waals surface area (Å²) in [6, 6.07) is 1.63. The van der Waals surface area contributed by atoms with Crippen LogP contribution in [0.3, 0.4) is 0 Å². The number of hydrogen-bond donors (Lipinski definition) is 2. The molecular weight excluding hydrogens is 180 g/mol. The first-order valence-electron chi connectivity index (χ1n) is 4.17. The average molecular weight is 194 g/mol. The highest BCUT2D eigenvalue weighted by Crippen LogP contribution is 2.21. The zero-order valence-corrected chi connectivity index (χ0v) is 8.53. The van der Waals surface area contributed by atoms with Crippen LogP contribution in [0.5, 0.6) is 0 Å². The number of amides is 1. The summed E-state index contributed by atoms with van der Waals surface area (Å²) in [5.74, 6) is 0.407. The Hall–Kier alpha value is -1.78. The number of nitrogens with two attached hydrogens (primary N) is 2. The van der Waals surface area contributed by atoms with Gasteiger partial charge in [0.2, 0.25) is 0 Å². The molecule has 5 nitrogen and oxygen atoms in total. The fourth-order valence-electron chi connectivity index (χ4n) is 1.31. The molecule has 0 saturated heterocycles. The molecule has 76 valence electrons. The van der Waals surface area contributed by atoms with E-state index >= 15 is 0 Å². The SMILES string of the molecule is Cc1cc(N)nc(N(C)C)c1C(N)=O. The van der Waals surface area contributed by atoms with Crippen LogP contribution in [-0.4, -0.2) is 25.0 Å². The lowest BCUT2D eigenvalue weighted by atomic mass is 10.1. The molecule has 1 rings (SSSR count). The number of nitrogens with zero attached hydrogens (tertiary/aromatic N) is 2. The molecule has 0 atom stereocenters. The fourth-order valence-corrected chi connectivity index (χ4v) is 1.31. The number of rotatable bonds is 2. The smallest absolute Gasteiger partial charge is 0.252 e. The van der Waals surface area contributed by atoms with Gasteiger partial charge in [-0.15, -0.1) is 0 Å². The fraction of sp³-hybridized carbons (Fsp3) is 0.333. The van der Waals surface area contributed by atoms with E-state index < -0.39 is 5.91 Å². The zero-order chi connectivity index (χ0) is 10.9. The van der Waals surface area contributed by atoms with E-state index in [1.54, 1.807) is 32.0 Å². The Balaban J connectivity index is 3.44. The van der Waals surface area contributed by atoms with Gasteiger partial charge in [-0.25, -0.2) is 4.98 Å². The van der Waals surface area contributed by atoms with Crippen molar-refractivity contribution >= 4 is 17.5 Å². The Bertz CT molecular complexity index is 373. The first-order valence-corrected chi connectivity index (χ1v) is 4.17. The summed E-state index contributed by atoms with van der Waals surface area (Å²) in [6.45, 7) is 1.78. The van der Waals surface area contributed by atoms with Crippen LogP contribution in [0.1, 0.15) is 15.9 Å². The molecule has 0 fully saturated rings. The molecule has 0 saturated carbocycles. The third-order valence-corrected chi connectivity index (χ3v) is 1.89. The van der Waals surface area contributed by atoms with Crippen LogP contribution in [0, 0.1) is 6.92 Å². The Kier molecular flexibility index (Phi) is 2.60. The normalized spacial score (nSPS) is 9.93. The molecule has 4 N–H and O–H groups in total. The zero-order valence-electron chi connectivity index (χ0n) is 8.53. The van der Waals surface area contributed by atoms with Crippen LogP contribution < -0.4 is 16.4 Å². The minimum atomic E-state index is -0.487. The van der Waals surface area contributed by atoms with Crippen molar-refractivity contribution in [3.63, 3.8) is 0 Å². The van der Waals surface area contributed by atoms with Crippen molar-refractivity contribution in [2.45, 2.75) is 6.92 Å². The Morgan fingerprint density at radius 2 is 2.07 bits per heavy atom. The molecule has 5 heteroatoms. The number of nitrogen functional groups attached to an aromatic ring is 1. The van der Waals surface area contributed by atoms with Crippen molar-refractivity contribution in [3.05, 3.63) is 17.2 Å². The van der Waals surface area contributed by atoms with Crippen molar-refractivity contribution in [2.24, 2.45) is 5.73 Å². The molecule has 14 heavy (non-hydrogen) atoms. The van der Waals surface area contributed by atoms with Gasteiger partial charge in [0, 0.05) is 14.1 Å². The molecule has 0 bridgehead atoms. The van der Waals surface area contributed by atoms with Gasteiger partial charge in [-0.2, -0.15) is 0 Å².